The van der Waals surface area contributed by atoms with Gasteiger partial charge in [0, 0.05) is 24.3 Å². The number of nitrogens with zero attached hydrogens (tertiary/aromatic N) is 1. The van der Waals surface area contributed by atoms with E-state index in [2.05, 4.69) is 34.8 Å². The molecule has 0 aliphatic rings. The van der Waals surface area contributed by atoms with Crippen molar-refractivity contribution in [2.24, 2.45) is 0 Å². The third-order valence-electron chi connectivity index (χ3n) is 4.15. The van der Waals surface area contributed by atoms with E-state index in [1.807, 2.05) is 24.5 Å². The quantitative estimate of drug-likeness (QED) is 0.217. The maximum atomic E-state index is 5.66. The number of hydrogen-bond acceptors (Lipinski definition) is 2. The zero-order valence-corrected chi connectivity index (χ0v) is 18.2. The lowest BCUT2D eigenvalue weighted by Crippen LogP contribution is -1.95. The molecule has 25 heavy (non-hydrogen) atoms. The van der Waals surface area contributed by atoms with Crippen LogP contribution in [0.1, 0.15) is 96.5 Å². The van der Waals surface area contributed by atoms with E-state index in [4.69, 9.17) is 4.74 Å². The largest absolute Gasteiger partial charge is 0.377 e. The fourth-order valence-electron chi connectivity index (χ4n) is 2.49. The van der Waals surface area contributed by atoms with Gasteiger partial charge < -0.3 is 4.74 Å². The third-order valence-corrected chi connectivity index (χ3v) is 4.71. The van der Waals surface area contributed by atoms with Gasteiger partial charge in [-0.1, -0.05) is 94.0 Å². The van der Waals surface area contributed by atoms with Crippen LogP contribution in [-0.4, -0.2) is 16.9 Å². The standard InChI is InChI=1S/C18H31NO.C4H9Br/c1-2-3-4-5-6-7-8-9-10-11-16-20-17-18-12-14-19-15-13-18;1-2-3-4-5/h12-15H,2-11,16-17H2,1H3;2-4H2,1H3. The van der Waals surface area contributed by atoms with Crippen LogP contribution >= 0.6 is 15.9 Å². The summed E-state index contributed by atoms with van der Waals surface area (Å²) in [5.74, 6) is 0. The highest BCUT2D eigenvalue weighted by molar-refractivity contribution is 9.09. The van der Waals surface area contributed by atoms with Crippen LogP contribution in [0.5, 0.6) is 0 Å². The molecule has 0 aromatic carbocycles. The van der Waals surface area contributed by atoms with Crippen LogP contribution in [-0.2, 0) is 11.3 Å². The Morgan fingerprint density at radius 1 is 0.760 bits per heavy atom. The highest BCUT2D eigenvalue weighted by atomic mass is 79.9. The molecular weight excluding hydrogens is 374 g/mol. The van der Waals surface area contributed by atoms with Crippen molar-refractivity contribution in [2.75, 3.05) is 11.9 Å². The van der Waals surface area contributed by atoms with Crippen LogP contribution < -0.4 is 0 Å². The molecule has 3 heteroatoms. The maximum absolute atomic E-state index is 5.66. The molecule has 0 spiro atoms. The summed E-state index contributed by atoms with van der Waals surface area (Å²) in [6, 6.07) is 4.02. The predicted molar refractivity (Wildman–Crippen MR) is 114 cm³/mol. The zero-order valence-electron chi connectivity index (χ0n) is 16.6. The Bertz CT molecular complexity index is 343. The molecular formula is C22H40BrNO. The van der Waals surface area contributed by atoms with Crippen LogP contribution in [0.4, 0.5) is 0 Å². The van der Waals surface area contributed by atoms with E-state index in [0.29, 0.717) is 0 Å². The number of aromatic nitrogens is 1. The normalized spacial score (nSPS) is 10.4. The van der Waals surface area contributed by atoms with Gasteiger partial charge in [-0.05, 0) is 30.5 Å². The van der Waals surface area contributed by atoms with E-state index in [1.165, 1.54) is 82.6 Å². The second-order valence-electron chi connectivity index (χ2n) is 6.63. The molecule has 0 saturated carbocycles. The fraction of sp³-hybridized carbons (Fsp3) is 0.773. The number of alkyl halides is 1. The molecule has 0 bridgehead atoms. The van der Waals surface area contributed by atoms with Gasteiger partial charge in [-0.25, -0.2) is 0 Å². The smallest absolute Gasteiger partial charge is 0.0717 e. The SMILES string of the molecule is CCCCBr.CCCCCCCCCCCCOCc1ccncc1. The molecule has 1 aromatic rings. The molecule has 0 atom stereocenters. The van der Waals surface area contributed by atoms with Crippen molar-refractivity contribution in [1.82, 2.24) is 4.98 Å². The van der Waals surface area contributed by atoms with Gasteiger partial charge >= 0.3 is 0 Å². The molecule has 2 nitrogen and oxygen atoms in total. The Labute approximate surface area is 165 Å². The lowest BCUT2D eigenvalue weighted by Gasteiger charge is -2.04. The average Bonchev–Trinajstić information content (AvgIpc) is 2.65. The first-order valence-corrected chi connectivity index (χ1v) is 11.5. The Morgan fingerprint density at radius 3 is 1.76 bits per heavy atom. The van der Waals surface area contributed by atoms with Crippen molar-refractivity contribution < 1.29 is 4.74 Å². The lowest BCUT2D eigenvalue weighted by molar-refractivity contribution is 0.116. The first-order chi connectivity index (χ1) is 12.3. The molecule has 0 saturated heterocycles. The first kappa shape index (κ1) is 24.6. The first-order valence-electron chi connectivity index (χ1n) is 10.4. The number of unbranched alkanes of at least 4 members (excludes halogenated alkanes) is 10. The summed E-state index contributed by atoms with van der Waals surface area (Å²) < 4.78 is 5.66. The molecule has 0 aliphatic heterocycles. The van der Waals surface area contributed by atoms with E-state index >= 15 is 0 Å². The number of rotatable bonds is 15. The Hall–Kier alpha value is -0.410. The van der Waals surface area contributed by atoms with Crippen molar-refractivity contribution in [3.8, 4) is 0 Å². The number of pyridine rings is 1. The van der Waals surface area contributed by atoms with Crippen LogP contribution in [0, 0.1) is 0 Å². The minimum Gasteiger partial charge on any atom is -0.377 e. The molecule has 146 valence electrons. The summed E-state index contributed by atoms with van der Waals surface area (Å²) in [5, 5.41) is 1.16. The van der Waals surface area contributed by atoms with Crippen molar-refractivity contribution >= 4 is 15.9 Å². The Kier molecular flexibility index (Phi) is 21.3. The fourth-order valence-corrected chi connectivity index (χ4v) is 3.05. The van der Waals surface area contributed by atoms with Gasteiger partial charge in [0.1, 0.15) is 0 Å². The minimum atomic E-state index is 0.722. The predicted octanol–water partition coefficient (Wildman–Crippen LogP) is 7.70. The van der Waals surface area contributed by atoms with Crippen LogP contribution in [0.2, 0.25) is 0 Å². The van der Waals surface area contributed by atoms with E-state index in [1.54, 1.807) is 0 Å². The Morgan fingerprint density at radius 2 is 1.28 bits per heavy atom. The molecule has 0 radical (unpaired) electrons. The summed E-state index contributed by atoms with van der Waals surface area (Å²) in [4.78, 5) is 4.00. The lowest BCUT2D eigenvalue weighted by atomic mass is 10.1. The number of hydrogen-bond donors (Lipinski definition) is 0. The molecule has 0 unspecified atom stereocenters. The number of ether oxygens (including phenoxy) is 1. The molecule has 0 N–H and O–H groups in total. The van der Waals surface area contributed by atoms with Gasteiger partial charge in [-0.15, -0.1) is 0 Å². The van der Waals surface area contributed by atoms with Crippen molar-refractivity contribution in [2.45, 2.75) is 97.5 Å². The van der Waals surface area contributed by atoms with E-state index in [-0.39, 0.29) is 0 Å². The topological polar surface area (TPSA) is 22.1 Å². The van der Waals surface area contributed by atoms with Gasteiger partial charge in [0.15, 0.2) is 0 Å². The molecule has 1 heterocycles. The van der Waals surface area contributed by atoms with Crippen LogP contribution in [0.3, 0.4) is 0 Å². The molecule has 0 fully saturated rings. The molecule has 1 aromatic heterocycles. The zero-order chi connectivity index (χ0) is 18.4. The molecule has 0 aliphatic carbocycles. The van der Waals surface area contributed by atoms with Gasteiger partial charge in [0.25, 0.3) is 0 Å². The summed E-state index contributed by atoms with van der Waals surface area (Å²) in [7, 11) is 0. The van der Waals surface area contributed by atoms with Crippen molar-refractivity contribution in [3.63, 3.8) is 0 Å². The highest BCUT2D eigenvalue weighted by Gasteiger charge is 1.94. The minimum absolute atomic E-state index is 0.722. The molecule has 1 rings (SSSR count). The maximum Gasteiger partial charge on any atom is 0.0717 e. The van der Waals surface area contributed by atoms with Crippen molar-refractivity contribution in [3.05, 3.63) is 30.1 Å². The van der Waals surface area contributed by atoms with E-state index in [0.717, 1.165) is 18.5 Å². The average molecular weight is 414 g/mol. The van der Waals surface area contributed by atoms with Gasteiger partial charge in [0.05, 0.1) is 6.61 Å². The number of halogens is 1. The second kappa shape index (κ2) is 21.6. The summed E-state index contributed by atoms with van der Waals surface area (Å²) >= 11 is 3.31. The van der Waals surface area contributed by atoms with Crippen molar-refractivity contribution in [1.29, 1.82) is 0 Å². The summed E-state index contributed by atoms with van der Waals surface area (Å²) in [5.41, 5.74) is 1.21. The summed E-state index contributed by atoms with van der Waals surface area (Å²) in [6.45, 7) is 6.07. The van der Waals surface area contributed by atoms with Crippen LogP contribution in [0.15, 0.2) is 24.5 Å². The van der Waals surface area contributed by atoms with E-state index in [9.17, 15) is 0 Å². The van der Waals surface area contributed by atoms with Crippen LogP contribution in [0.25, 0.3) is 0 Å². The monoisotopic (exact) mass is 413 g/mol. The van der Waals surface area contributed by atoms with Gasteiger partial charge in [-0.2, -0.15) is 0 Å². The summed E-state index contributed by atoms with van der Waals surface area (Å²) in [6.07, 6.45) is 20.0. The van der Waals surface area contributed by atoms with Gasteiger partial charge in [0.2, 0.25) is 0 Å². The Balaban J connectivity index is 0.00000101. The molecule has 0 amide bonds. The second-order valence-corrected chi connectivity index (χ2v) is 7.43. The van der Waals surface area contributed by atoms with E-state index < -0.39 is 0 Å². The van der Waals surface area contributed by atoms with Gasteiger partial charge in [-0.3, -0.25) is 4.98 Å². The highest BCUT2D eigenvalue weighted by Crippen LogP contribution is 2.10. The third kappa shape index (κ3) is 19.8.